The minimum atomic E-state index is -0.153. The first kappa shape index (κ1) is 12.0. The van der Waals surface area contributed by atoms with Crippen molar-refractivity contribution in [1.82, 2.24) is 4.98 Å². The number of nitrogens with zero attached hydrogens (tertiary/aromatic N) is 1. The van der Waals surface area contributed by atoms with Gasteiger partial charge in [-0.25, -0.2) is 0 Å². The van der Waals surface area contributed by atoms with E-state index in [-0.39, 0.29) is 6.04 Å². The Morgan fingerprint density at radius 2 is 2.38 bits per heavy atom. The van der Waals surface area contributed by atoms with E-state index in [0.29, 0.717) is 5.02 Å². The smallest absolute Gasteiger partial charge is 0.0760 e. The fraction of sp³-hybridized carbons (Fsp3) is 0.182. The Balaban J connectivity index is 2.14. The molecule has 0 aromatic carbocycles. The molecule has 0 aliphatic heterocycles. The first-order valence-corrected chi connectivity index (χ1v) is 6.81. The van der Waals surface area contributed by atoms with Crippen LogP contribution in [0.1, 0.15) is 16.6 Å². The third-order valence-electron chi connectivity index (χ3n) is 2.18. The maximum atomic E-state index is 6.08. The molecule has 2 nitrogen and oxygen atoms in total. The molecule has 0 amide bonds. The highest BCUT2D eigenvalue weighted by molar-refractivity contribution is 9.10. The first-order valence-electron chi connectivity index (χ1n) is 4.75. The summed E-state index contributed by atoms with van der Waals surface area (Å²) in [5, 5.41) is 2.67. The lowest BCUT2D eigenvalue weighted by Crippen LogP contribution is -2.14. The minimum absolute atomic E-state index is 0.153. The largest absolute Gasteiger partial charge is 0.322 e. The van der Waals surface area contributed by atoms with Crippen molar-refractivity contribution in [2.24, 2.45) is 5.73 Å². The molecule has 2 aromatic heterocycles. The summed E-state index contributed by atoms with van der Waals surface area (Å²) in [7, 11) is 0. The molecule has 0 fully saturated rings. The molecule has 2 aromatic rings. The van der Waals surface area contributed by atoms with E-state index in [2.05, 4.69) is 27.0 Å². The molecule has 0 spiro atoms. The van der Waals surface area contributed by atoms with Crippen LogP contribution in [0.2, 0.25) is 5.02 Å². The van der Waals surface area contributed by atoms with Crippen molar-refractivity contribution in [2.45, 2.75) is 12.5 Å². The zero-order chi connectivity index (χ0) is 11.5. The monoisotopic (exact) mass is 316 g/mol. The fourth-order valence-electron chi connectivity index (χ4n) is 1.45. The summed E-state index contributed by atoms with van der Waals surface area (Å²) in [6.07, 6.45) is 2.47. The van der Waals surface area contributed by atoms with Crippen LogP contribution in [0.25, 0.3) is 0 Å². The maximum Gasteiger partial charge on any atom is 0.0760 e. The third kappa shape index (κ3) is 2.83. The van der Waals surface area contributed by atoms with Crippen LogP contribution in [-0.4, -0.2) is 4.98 Å². The van der Waals surface area contributed by atoms with Gasteiger partial charge in [0.1, 0.15) is 0 Å². The van der Waals surface area contributed by atoms with Crippen LogP contribution in [0.5, 0.6) is 0 Å². The maximum absolute atomic E-state index is 6.08. The van der Waals surface area contributed by atoms with Gasteiger partial charge < -0.3 is 5.73 Å². The van der Waals surface area contributed by atoms with Crippen LogP contribution in [0.4, 0.5) is 0 Å². The normalized spacial score (nSPS) is 12.7. The summed E-state index contributed by atoms with van der Waals surface area (Å²) < 4.78 is 1.09. The van der Waals surface area contributed by atoms with Gasteiger partial charge in [0.2, 0.25) is 0 Å². The Labute approximate surface area is 112 Å². The van der Waals surface area contributed by atoms with Crippen molar-refractivity contribution in [3.8, 4) is 0 Å². The minimum Gasteiger partial charge on any atom is -0.322 e. The van der Waals surface area contributed by atoms with E-state index >= 15 is 0 Å². The second-order valence-corrected chi connectivity index (χ2v) is 5.73. The van der Waals surface area contributed by atoms with Gasteiger partial charge in [0, 0.05) is 27.3 Å². The quantitative estimate of drug-likeness (QED) is 0.935. The van der Waals surface area contributed by atoms with E-state index in [1.807, 2.05) is 11.4 Å². The molecule has 2 rings (SSSR count). The SMILES string of the molecule is NC(Cc1cc(Br)cs1)c1ncccc1Cl. The Morgan fingerprint density at radius 1 is 1.56 bits per heavy atom. The number of halogens is 2. The van der Waals surface area contributed by atoms with Gasteiger partial charge >= 0.3 is 0 Å². The first-order chi connectivity index (χ1) is 7.66. The van der Waals surface area contributed by atoms with E-state index < -0.39 is 0 Å². The zero-order valence-corrected chi connectivity index (χ0v) is 11.5. The third-order valence-corrected chi connectivity index (χ3v) is 4.22. The van der Waals surface area contributed by atoms with Crippen LogP contribution in [0, 0.1) is 0 Å². The van der Waals surface area contributed by atoms with Gasteiger partial charge in [-0.05, 0) is 34.1 Å². The van der Waals surface area contributed by atoms with Crippen molar-refractivity contribution < 1.29 is 0 Å². The molecule has 16 heavy (non-hydrogen) atoms. The molecule has 0 radical (unpaired) electrons. The number of hydrogen-bond donors (Lipinski definition) is 1. The van der Waals surface area contributed by atoms with Gasteiger partial charge in [0.25, 0.3) is 0 Å². The predicted octanol–water partition coefficient (Wildman–Crippen LogP) is 3.80. The molecule has 5 heteroatoms. The van der Waals surface area contributed by atoms with Crippen molar-refractivity contribution >= 4 is 38.9 Å². The van der Waals surface area contributed by atoms with Crippen LogP contribution in [0.15, 0.2) is 34.2 Å². The lowest BCUT2D eigenvalue weighted by atomic mass is 10.1. The second-order valence-electron chi connectivity index (χ2n) is 3.41. The number of thiophene rings is 1. The predicted molar refractivity (Wildman–Crippen MR) is 71.9 cm³/mol. The van der Waals surface area contributed by atoms with Crippen molar-refractivity contribution in [1.29, 1.82) is 0 Å². The summed E-state index contributed by atoms with van der Waals surface area (Å²) in [5.74, 6) is 0. The Bertz CT molecular complexity index is 486. The van der Waals surface area contributed by atoms with Crippen LogP contribution < -0.4 is 5.73 Å². The van der Waals surface area contributed by atoms with Gasteiger partial charge in [-0.1, -0.05) is 11.6 Å². The standard InChI is InChI=1S/C11H10BrClN2S/c12-7-4-8(16-6-7)5-10(14)11-9(13)2-1-3-15-11/h1-4,6,10H,5,14H2. The molecule has 1 unspecified atom stereocenters. The average molecular weight is 318 g/mol. The van der Waals surface area contributed by atoms with Crippen LogP contribution in [-0.2, 0) is 6.42 Å². The Kier molecular flexibility index (Phi) is 3.97. The van der Waals surface area contributed by atoms with E-state index in [1.165, 1.54) is 4.88 Å². The number of pyridine rings is 1. The zero-order valence-electron chi connectivity index (χ0n) is 8.36. The average Bonchev–Trinajstić information content (AvgIpc) is 2.64. The molecular weight excluding hydrogens is 308 g/mol. The van der Waals surface area contributed by atoms with E-state index in [0.717, 1.165) is 16.6 Å². The molecule has 1 atom stereocenters. The molecule has 0 aliphatic carbocycles. The molecule has 2 heterocycles. The Hall–Kier alpha value is -0.420. The highest BCUT2D eigenvalue weighted by Gasteiger charge is 2.12. The number of rotatable bonds is 3. The number of nitrogens with two attached hydrogens (primary N) is 1. The van der Waals surface area contributed by atoms with Gasteiger partial charge in [-0.2, -0.15) is 0 Å². The van der Waals surface area contributed by atoms with Crippen LogP contribution in [0.3, 0.4) is 0 Å². The van der Waals surface area contributed by atoms with Crippen molar-refractivity contribution in [3.05, 3.63) is 49.8 Å². The summed E-state index contributed by atoms with van der Waals surface area (Å²) in [6, 6.07) is 5.54. The summed E-state index contributed by atoms with van der Waals surface area (Å²) >= 11 is 11.1. The Morgan fingerprint density at radius 3 is 3.00 bits per heavy atom. The molecule has 0 bridgehead atoms. The number of hydrogen-bond acceptors (Lipinski definition) is 3. The second kappa shape index (κ2) is 5.27. The molecule has 2 N–H and O–H groups in total. The number of aromatic nitrogens is 1. The highest BCUT2D eigenvalue weighted by atomic mass is 79.9. The lowest BCUT2D eigenvalue weighted by Gasteiger charge is -2.10. The van der Waals surface area contributed by atoms with E-state index in [4.69, 9.17) is 17.3 Å². The van der Waals surface area contributed by atoms with E-state index in [1.54, 1.807) is 23.6 Å². The van der Waals surface area contributed by atoms with Crippen molar-refractivity contribution in [3.63, 3.8) is 0 Å². The van der Waals surface area contributed by atoms with Crippen molar-refractivity contribution in [2.75, 3.05) is 0 Å². The highest BCUT2D eigenvalue weighted by Crippen LogP contribution is 2.26. The summed E-state index contributed by atoms with van der Waals surface area (Å²) in [6.45, 7) is 0. The van der Waals surface area contributed by atoms with Gasteiger partial charge in [-0.3, -0.25) is 4.98 Å². The van der Waals surface area contributed by atoms with Gasteiger partial charge in [0.05, 0.1) is 16.8 Å². The summed E-state index contributed by atoms with van der Waals surface area (Å²) in [4.78, 5) is 5.44. The lowest BCUT2D eigenvalue weighted by molar-refractivity contribution is 0.704. The van der Waals surface area contributed by atoms with E-state index in [9.17, 15) is 0 Å². The fourth-order valence-corrected chi connectivity index (χ4v) is 3.22. The topological polar surface area (TPSA) is 38.9 Å². The van der Waals surface area contributed by atoms with Crippen LogP contribution >= 0.6 is 38.9 Å². The van der Waals surface area contributed by atoms with Gasteiger partial charge in [0.15, 0.2) is 0 Å². The van der Waals surface area contributed by atoms with Gasteiger partial charge in [-0.15, -0.1) is 11.3 Å². The molecule has 0 aliphatic rings. The molecular formula is C11H10BrClN2S. The molecule has 0 saturated carbocycles. The summed E-state index contributed by atoms with van der Waals surface area (Å²) in [5.41, 5.74) is 6.84. The molecule has 84 valence electrons. The molecule has 0 saturated heterocycles.